The lowest BCUT2D eigenvalue weighted by Gasteiger charge is -2.05. The van der Waals surface area contributed by atoms with Gasteiger partial charge in [-0.3, -0.25) is 0 Å². The summed E-state index contributed by atoms with van der Waals surface area (Å²) in [7, 11) is 0. The Morgan fingerprint density at radius 3 is 2.65 bits per heavy atom. The third kappa shape index (κ3) is 2.42. The molecule has 0 radical (unpaired) electrons. The number of carboxylic acid groups (broad SMARTS) is 1. The summed E-state index contributed by atoms with van der Waals surface area (Å²) in [5, 5.41) is 12.7. The molecule has 0 atom stereocenters. The predicted molar refractivity (Wildman–Crippen MR) is 76.2 cm³/mol. The van der Waals surface area contributed by atoms with Crippen molar-refractivity contribution < 1.29 is 9.90 Å². The number of carbonyl (C=O) groups is 1. The van der Waals surface area contributed by atoms with Crippen LogP contribution >= 0.6 is 0 Å². The molecule has 0 aliphatic heterocycles. The fraction of sp³-hybridized carbons (Fsp3) is 0. The van der Waals surface area contributed by atoms with Crippen molar-refractivity contribution in [1.82, 2.24) is 9.97 Å². The van der Waals surface area contributed by atoms with E-state index in [1.807, 2.05) is 30.3 Å². The van der Waals surface area contributed by atoms with Crippen LogP contribution in [-0.2, 0) is 0 Å². The molecular formula is C15H11N3O2. The van der Waals surface area contributed by atoms with E-state index in [-0.39, 0.29) is 5.56 Å². The van der Waals surface area contributed by atoms with Gasteiger partial charge in [0, 0.05) is 17.3 Å². The summed E-state index contributed by atoms with van der Waals surface area (Å²) in [4.78, 5) is 19.4. The van der Waals surface area contributed by atoms with Crippen LogP contribution in [0.4, 0.5) is 11.6 Å². The van der Waals surface area contributed by atoms with E-state index in [4.69, 9.17) is 5.11 Å². The lowest BCUT2D eigenvalue weighted by Crippen LogP contribution is -1.99. The summed E-state index contributed by atoms with van der Waals surface area (Å²) in [5.74, 6) is -0.481. The van der Waals surface area contributed by atoms with Gasteiger partial charge in [-0.2, -0.15) is 0 Å². The summed E-state index contributed by atoms with van der Waals surface area (Å²) in [6.07, 6.45) is 1.61. The van der Waals surface area contributed by atoms with E-state index in [0.717, 1.165) is 5.69 Å². The molecule has 0 bridgehead atoms. The second kappa shape index (κ2) is 4.97. The van der Waals surface area contributed by atoms with Gasteiger partial charge in [0.05, 0.1) is 11.1 Å². The van der Waals surface area contributed by atoms with Crippen molar-refractivity contribution in [2.24, 2.45) is 0 Å². The summed E-state index contributed by atoms with van der Waals surface area (Å²) in [5.41, 5.74) is 1.82. The summed E-state index contributed by atoms with van der Waals surface area (Å²) >= 11 is 0. The third-order valence-corrected chi connectivity index (χ3v) is 2.86. The topological polar surface area (TPSA) is 75.1 Å². The number of aromatic nitrogens is 2. The van der Waals surface area contributed by atoms with Crippen LogP contribution in [0.2, 0.25) is 0 Å². The Morgan fingerprint density at radius 2 is 1.90 bits per heavy atom. The van der Waals surface area contributed by atoms with Crippen LogP contribution in [0, 0.1) is 0 Å². The van der Waals surface area contributed by atoms with Gasteiger partial charge in [0.2, 0.25) is 5.95 Å². The van der Waals surface area contributed by atoms with Crippen LogP contribution in [0.25, 0.3) is 10.9 Å². The van der Waals surface area contributed by atoms with Crippen molar-refractivity contribution in [2.45, 2.75) is 0 Å². The molecule has 0 fully saturated rings. The highest BCUT2D eigenvalue weighted by Crippen LogP contribution is 2.17. The molecule has 0 saturated heterocycles. The summed E-state index contributed by atoms with van der Waals surface area (Å²) < 4.78 is 0. The van der Waals surface area contributed by atoms with Crippen LogP contribution in [0.15, 0.2) is 54.7 Å². The molecule has 0 aliphatic rings. The van der Waals surface area contributed by atoms with Crippen molar-refractivity contribution in [3.05, 3.63) is 60.3 Å². The Bertz CT molecular complexity index is 772. The smallest absolute Gasteiger partial charge is 0.335 e. The Hall–Kier alpha value is -2.95. The normalized spacial score (nSPS) is 10.4. The van der Waals surface area contributed by atoms with Crippen molar-refractivity contribution in [3.63, 3.8) is 0 Å². The van der Waals surface area contributed by atoms with Gasteiger partial charge in [-0.1, -0.05) is 18.2 Å². The van der Waals surface area contributed by atoms with E-state index in [0.29, 0.717) is 16.9 Å². The molecule has 0 spiro atoms. The number of benzene rings is 2. The first-order chi connectivity index (χ1) is 9.72. The maximum absolute atomic E-state index is 10.9. The minimum Gasteiger partial charge on any atom is -0.478 e. The molecule has 3 aromatic rings. The number of anilines is 2. The fourth-order valence-electron chi connectivity index (χ4n) is 1.88. The molecule has 5 nitrogen and oxygen atoms in total. The van der Waals surface area contributed by atoms with Crippen LogP contribution in [-0.4, -0.2) is 21.0 Å². The second-order valence-corrected chi connectivity index (χ2v) is 4.26. The zero-order chi connectivity index (χ0) is 13.9. The van der Waals surface area contributed by atoms with Gasteiger partial charge in [-0.05, 0) is 30.3 Å². The van der Waals surface area contributed by atoms with Gasteiger partial charge in [-0.25, -0.2) is 14.8 Å². The molecule has 98 valence electrons. The number of rotatable bonds is 3. The van der Waals surface area contributed by atoms with Crippen LogP contribution in [0.5, 0.6) is 0 Å². The molecule has 2 aromatic carbocycles. The molecule has 0 unspecified atom stereocenters. The minimum absolute atomic E-state index is 0.227. The van der Waals surface area contributed by atoms with E-state index in [1.54, 1.807) is 18.3 Å². The number of nitrogens with one attached hydrogen (secondary N) is 1. The molecular weight excluding hydrogens is 254 g/mol. The first-order valence-corrected chi connectivity index (χ1v) is 6.04. The van der Waals surface area contributed by atoms with Crippen LogP contribution < -0.4 is 5.32 Å². The lowest BCUT2D eigenvalue weighted by atomic mass is 10.1. The van der Waals surface area contributed by atoms with Crippen molar-refractivity contribution in [2.75, 3.05) is 5.32 Å². The van der Waals surface area contributed by atoms with Gasteiger partial charge in [0.1, 0.15) is 0 Å². The molecule has 5 heteroatoms. The van der Waals surface area contributed by atoms with Gasteiger partial charge < -0.3 is 10.4 Å². The van der Waals surface area contributed by atoms with Crippen LogP contribution in [0.1, 0.15) is 10.4 Å². The first kappa shape index (κ1) is 12.1. The third-order valence-electron chi connectivity index (χ3n) is 2.86. The molecule has 1 aromatic heterocycles. The highest BCUT2D eigenvalue weighted by Gasteiger charge is 2.05. The average molecular weight is 265 g/mol. The van der Waals surface area contributed by atoms with Gasteiger partial charge in [-0.15, -0.1) is 0 Å². The van der Waals surface area contributed by atoms with E-state index < -0.39 is 5.97 Å². The number of aromatic carboxylic acids is 1. The zero-order valence-electron chi connectivity index (χ0n) is 10.4. The Kier molecular flexibility index (Phi) is 3.01. The zero-order valence-corrected chi connectivity index (χ0v) is 10.4. The highest BCUT2D eigenvalue weighted by molar-refractivity contribution is 5.93. The number of nitrogens with zero attached hydrogens (tertiary/aromatic N) is 2. The minimum atomic E-state index is -0.960. The van der Waals surface area contributed by atoms with E-state index >= 15 is 0 Å². The summed E-state index contributed by atoms with van der Waals surface area (Å²) in [6.45, 7) is 0. The van der Waals surface area contributed by atoms with Crippen LogP contribution in [0.3, 0.4) is 0 Å². The quantitative estimate of drug-likeness (QED) is 0.761. The number of para-hydroxylation sites is 1. The standard InChI is InChI=1S/C15H11N3O2/c19-14(20)10-6-7-13-11(8-10)9-16-15(18-13)17-12-4-2-1-3-5-12/h1-9H,(H,19,20)(H,16,17,18). The molecule has 0 saturated carbocycles. The molecule has 1 heterocycles. The lowest BCUT2D eigenvalue weighted by molar-refractivity contribution is 0.0697. The predicted octanol–water partition coefficient (Wildman–Crippen LogP) is 3.07. The first-order valence-electron chi connectivity index (χ1n) is 6.04. The Balaban J connectivity index is 1.95. The maximum Gasteiger partial charge on any atom is 0.335 e. The van der Waals surface area contributed by atoms with Crippen molar-refractivity contribution in [1.29, 1.82) is 0 Å². The van der Waals surface area contributed by atoms with Crippen molar-refractivity contribution >= 4 is 28.5 Å². The molecule has 0 aliphatic carbocycles. The molecule has 3 rings (SSSR count). The second-order valence-electron chi connectivity index (χ2n) is 4.26. The largest absolute Gasteiger partial charge is 0.478 e. The van der Waals surface area contributed by atoms with Gasteiger partial charge >= 0.3 is 5.97 Å². The van der Waals surface area contributed by atoms with Crippen molar-refractivity contribution in [3.8, 4) is 0 Å². The van der Waals surface area contributed by atoms with Gasteiger partial charge in [0.25, 0.3) is 0 Å². The number of hydrogen-bond acceptors (Lipinski definition) is 4. The highest BCUT2D eigenvalue weighted by atomic mass is 16.4. The number of fused-ring (bicyclic) bond motifs is 1. The molecule has 20 heavy (non-hydrogen) atoms. The van der Waals surface area contributed by atoms with E-state index in [9.17, 15) is 4.79 Å². The Morgan fingerprint density at radius 1 is 1.10 bits per heavy atom. The molecule has 2 N–H and O–H groups in total. The van der Waals surface area contributed by atoms with Gasteiger partial charge in [0.15, 0.2) is 0 Å². The maximum atomic E-state index is 10.9. The Labute approximate surface area is 114 Å². The SMILES string of the molecule is O=C(O)c1ccc2nc(Nc3ccccc3)ncc2c1. The number of carboxylic acids is 1. The average Bonchev–Trinajstić information content (AvgIpc) is 2.47. The number of hydrogen-bond donors (Lipinski definition) is 2. The molecule has 0 amide bonds. The summed E-state index contributed by atoms with van der Waals surface area (Å²) in [6, 6.07) is 14.4. The van der Waals surface area contributed by atoms with E-state index in [1.165, 1.54) is 6.07 Å². The monoisotopic (exact) mass is 265 g/mol. The fourth-order valence-corrected chi connectivity index (χ4v) is 1.88. The van der Waals surface area contributed by atoms with E-state index in [2.05, 4.69) is 15.3 Å².